The molecule has 0 spiro atoms. The summed E-state index contributed by atoms with van der Waals surface area (Å²) >= 11 is 5.78. The number of hydrogen-bond acceptors (Lipinski definition) is 4. The summed E-state index contributed by atoms with van der Waals surface area (Å²) in [4.78, 5) is 19.0. The molecule has 1 aliphatic heterocycles. The minimum absolute atomic E-state index is 0.0125. The number of nitrogens with zero attached hydrogens (tertiary/aromatic N) is 3. The van der Waals surface area contributed by atoms with Gasteiger partial charge in [0, 0.05) is 29.8 Å². The smallest absolute Gasteiger partial charge is 0.337 e. The quantitative estimate of drug-likeness (QED) is 0.415. The Kier molecular flexibility index (Phi) is 6.51. The summed E-state index contributed by atoms with van der Waals surface area (Å²) in [5.74, 6) is 0.109. The van der Waals surface area contributed by atoms with E-state index in [9.17, 15) is 4.79 Å². The zero-order valence-corrected chi connectivity index (χ0v) is 20.5. The molecule has 33 heavy (non-hydrogen) atoms. The first-order valence-electron chi connectivity index (χ1n) is 11.2. The summed E-state index contributed by atoms with van der Waals surface area (Å²) in [5, 5.41) is 4.28. The molecule has 3 heterocycles. The van der Waals surface area contributed by atoms with E-state index in [1.165, 1.54) is 12.7 Å². The molecule has 7 heteroatoms. The van der Waals surface area contributed by atoms with E-state index in [2.05, 4.69) is 53.5 Å². The van der Waals surface area contributed by atoms with Gasteiger partial charge in [0.25, 0.3) is 0 Å². The normalized spacial score (nSPS) is 18.0. The molecular weight excluding hydrogens is 432 g/mol. The first kappa shape index (κ1) is 23.0. The number of rotatable bonds is 6. The number of aromatic nitrogens is 2. The molecule has 0 saturated carbocycles. The summed E-state index contributed by atoms with van der Waals surface area (Å²) in [6.07, 6.45) is 1.82. The summed E-state index contributed by atoms with van der Waals surface area (Å²) in [6.45, 7) is 9.47. The van der Waals surface area contributed by atoms with Gasteiger partial charge in [-0.2, -0.15) is 0 Å². The summed E-state index contributed by atoms with van der Waals surface area (Å²) in [6, 6.07) is 15.7. The maximum Gasteiger partial charge on any atom is 0.337 e. The van der Waals surface area contributed by atoms with Crippen molar-refractivity contribution in [3.63, 3.8) is 0 Å². The predicted molar refractivity (Wildman–Crippen MR) is 134 cm³/mol. The van der Waals surface area contributed by atoms with Crippen LogP contribution in [0.1, 0.15) is 58.9 Å². The fourth-order valence-corrected chi connectivity index (χ4v) is 5.02. The van der Waals surface area contributed by atoms with Crippen molar-refractivity contribution in [1.29, 1.82) is 0 Å². The van der Waals surface area contributed by atoms with Crippen LogP contribution in [0.3, 0.4) is 0 Å². The van der Waals surface area contributed by atoms with Gasteiger partial charge in [-0.1, -0.05) is 26.0 Å². The van der Waals surface area contributed by atoms with Crippen LogP contribution >= 0.6 is 12.2 Å². The highest BCUT2D eigenvalue weighted by atomic mass is 32.1. The van der Waals surface area contributed by atoms with Crippen LogP contribution in [0, 0.1) is 19.8 Å². The molecule has 172 valence electrons. The number of benzene rings is 1. The van der Waals surface area contributed by atoms with Gasteiger partial charge in [0.05, 0.1) is 30.5 Å². The first-order chi connectivity index (χ1) is 15.8. The van der Waals surface area contributed by atoms with Gasteiger partial charge in [-0.25, -0.2) is 4.79 Å². The topological polar surface area (TPSA) is 59.4 Å². The van der Waals surface area contributed by atoms with Crippen LogP contribution in [0.5, 0.6) is 0 Å². The molecule has 2 atom stereocenters. The second kappa shape index (κ2) is 9.35. The van der Waals surface area contributed by atoms with Crippen LogP contribution in [0.2, 0.25) is 0 Å². The average molecular weight is 463 g/mol. The Bertz CT molecular complexity index is 1170. The number of esters is 1. The Morgan fingerprint density at radius 1 is 1.18 bits per heavy atom. The Morgan fingerprint density at radius 3 is 2.64 bits per heavy atom. The van der Waals surface area contributed by atoms with Gasteiger partial charge in [0.15, 0.2) is 5.11 Å². The SMILES string of the molecule is COC(=O)c1cccc(-n2c(C)cc(C3C(c4ccccn4)NC(=S)N3CC(C)C)c2C)c1. The van der Waals surface area contributed by atoms with Crippen LogP contribution in [-0.4, -0.2) is 39.2 Å². The lowest BCUT2D eigenvalue weighted by atomic mass is 9.96. The molecule has 0 bridgehead atoms. The summed E-state index contributed by atoms with van der Waals surface area (Å²) < 4.78 is 7.10. The molecular formula is C26H30N4O2S. The van der Waals surface area contributed by atoms with Crippen molar-refractivity contribution in [2.24, 2.45) is 5.92 Å². The molecule has 1 N–H and O–H groups in total. The number of hydrogen-bond donors (Lipinski definition) is 1. The van der Waals surface area contributed by atoms with E-state index < -0.39 is 0 Å². The highest BCUT2D eigenvalue weighted by molar-refractivity contribution is 7.80. The van der Waals surface area contributed by atoms with Crippen molar-refractivity contribution in [1.82, 2.24) is 19.8 Å². The second-order valence-corrected chi connectivity index (χ2v) is 9.26. The van der Waals surface area contributed by atoms with Crippen molar-refractivity contribution >= 4 is 23.3 Å². The lowest BCUT2D eigenvalue weighted by molar-refractivity contribution is 0.0600. The first-order valence-corrected chi connectivity index (χ1v) is 11.6. The van der Waals surface area contributed by atoms with E-state index in [1.807, 2.05) is 42.6 Å². The van der Waals surface area contributed by atoms with Crippen LogP contribution in [-0.2, 0) is 4.74 Å². The number of thiocarbonyl (C=S) groups is 1. The van der Waals surface area contributed by atoms with Gasteiger partial charge >= 0.3 is 5.97 Å². The largest absolute Gasteiger partial charge is 0.465 e. The number of ether oxygens (including phenoxy) is 1. The van der Waals surface area contributed by atoms with E-state index in [-0.39, 0.29) is 18.1 Å². The molecule has 1 aliphatic rings. The van der Waals surface area contributed by atoms with E-state index in [0.29, 0.717) is 11.5 Å². The highest BCUT2D eigenvalue weighted by Crippen LogP contribution is 2.41. The summed E-state index contributed by atoms with van der Waals surface area (Å²) in [7, 11) is 1.40. The monoisotopic (exact) mass is 462 g/mol. The van der Waals surface area contributed by atoms with Crippen molar-refractivity contribution in [2.45, 2.75) is 39.8 Å². The maximum atomic E-state index is 12.1. The number of aryl methyl sites for hydroxylation is 1. The minimum atomic E-state index is -0.344. The third-order valence-corrected chi connectivity index (χ3v) is 6.43. The minimum Gasteiger partial charge on any atom is -0.465 e. The third kappa shape index (κ3) is 4.37. The molecule has 2 aromatic heterocycles. The molecule has 1 saturated heterocycles. The van der Waals surface area contributed by atoms with Gasteiger partial charge in [-0.15, -0.1) is 0 Å². The molecule has 1 fully saturated rings. The highest BCUT2D eigenvalue weighted by Gasteiger charge is 2.41. The van der Waals surface area contributed by atoms with E-state index in [0.717, 1.165) is 34.4 Å². The number of nitrogens with one attached hydrogen (secondary N) is 1. The van der Waals surface area contributed by atoms with Crippen molar-refractivity contribution < 1.29 is 9.53 Å². The maximum absolute atomic E-state index is 12.1. The number of pyridine rings is 1. The average Bonchev–Trinajstić information content (AvgIpc) is 3.28. The molecule has 2 unspecified atom stereocenters. The lowest BCUT2D eigenvalue weighted by Gasteiger charge is -2.29. The predicted octanol–water partition coefficient (Wildman–Crippen LogP) is 4.90. The van der Waals surface area contributed by atoms with Gasteiger partial charge in [-0.3, -0.25) is 4.98 Å². The van der Waals surface area contributed by atoms with Crippen LogP contribution in [0.4, 0.5) is 0 Å². The van der Waals surface area contributed by atoms with Gasteiger partial charge < -0.3 is 19.5 Å². The Labute approximate surface area is 200 Å². The lowest BCUT2D eigenvalue weighted by Crippen LogP contribution is -2.33. The number of carbonyl (C=O) groups is 1. The van der Waals surface area contributed by atoms with Crippen molar-refractivity contribution in [2.75, 3.05) is 13.7 Å². The van der Waals surface area contributed by atoms with Crippen LogP contribution < -0.4 is 5.32 Å². The zero-order valence-electron chi connectivity index (χ0n) is 19.7. The fourth-order valence-electron chi connectivity index (χ4n) is 4.71. The molecule has 6 nitrogen and oxygen atoms in total. The zero-order chi connectivity index (χ0) is 23.7. The molecule has 3 aromatic rings. The molecule has 0 aliphatic carbocycles. The summed E-state index contributed by atoms with van der Waals surface area (Å²) in [5.41, 5.74) is 5.82. The molecule has 0 radical (unpaired) electrons. The Balaban J connectivity index is 1.82. The van der Waals surface area contributed by atoms with E-state index in [1.54, 1.807) is 6.07 Å². The van der Waals surface area contributed by atoms with Gasteiger partial charge in [0.1, 0.15) is 0 Å². The van der Waals surface area contributed by atoms with E-state index >= 15 is 0 Å². The van der Waals surface area contributed by atoms with Gasteiger partial charge in [0.2, 0.25) is 0 Å². The standard InChI is InChI=1S/C26H30N4O2S/c1-16(2)15-29-24(23(28-26(29)33)22-11-6-7-12-27-22)21-13-17(3)30(18(21)4)20-10-8-9-19(14-20)25(31)32-5/h6-14,16,23-24H,15H2,1-5H3,(H,28,33). The Hall–Kier alpha value is -3.19. The van der Waals surface area contributed by atoms with Crippen molar-refractivity contribution in [3.05, 3.63) is 82.9 Å². The molecule has 4 rings (SSSR count). The van der Waals surface area contributed by atoms with Crippen LogP contribution in [0.15, 0.2) is 54.7 Å². The number of carbonyl (C=O) groups excluding carboxylic acids is 1. The van der Waals surface area contributed by atoms with Crippen molar-refractivity contribution in [3.8, 4) is 5.69 Å². The Morgan fingerprint density at radius 2 is 1.97 bits per heavy atom. The fraction of sp³-hybridized carbons (Fsp3) is 0.346. The van der Waals surface area contributed by atoms with Crippen LogP contribution in [0.25, 0.3) is 5.69 Å². The molecule has 1 aromatic carbocycles. The number of methoxy groups -OCH3 is 1. The second-order valence-electron chi connectivity index (χ2n) is 8.88. The van der Waals surface area contributed by atoms with Gasteiger partial charge in [-0.05, 0) is 73.9 Å². The third-order valence-electron chi connectivity index (χ3n) is 6.07. The van der Waals surface area contributed by atoms with E-state index in [4.69, 9.17) is 17.0 Å². The molecule has 0 amide bonds.